The molecule has 4 nitrogen and oxygen atoms in total. The molecule has 0 radical (unpaired) electrons. The van der Waals surface area contributed by atoms with Gasteiger partial charge in [-0.1, -0.05) is 13.8 Å². The normalized spacial score (nSPS) is 26.8. The van der Waals surface area contributed by atoms with Crippen molar-refractivity contribution in [3.63, 3.8) is 0 Å². The van der Waals surface area contributed by atoms with E-state index in [-0.39, 0.29) is 5.91 Å². The van der Waals surface area contributed by atoms with E-state index in [1.165, 1.54) is 6.42 Å². The third kappa shape index (κ3) is 3.42. The Kier molecular flexibility index (Phi) is 3.73. The molecular weight excluding hydrogens is 216 g/mol. The number of rotatable bonds is 4. The predicted molar refractivity (Wildman–Crippen MR) is 66.7 cm³/mol. The van der Waals surface area contributed by atoms with Crippen LogP contribution in [0.3, 0.4) is 0 Å². The molecule has 0 saturated carbocycles. The number of hydrogen-bond donors (Lipinski definition) is 1. The van der Waals surface area contributed by atoms with Crippen LogP contribution >= 0.6 is 0 Å². The number of carbonyl (C=O) groups excluding carboxylic acids is 1. The van der Waals surface area contributed by atoms with E-state index in [2.05, 4.69) is 18.7 Å². The molecule has 1 atom stereocenters. The van der Waals surface area contributed by atoms with Crippen molar-refractivity contribution in [2.24, 2.45) is 5.41 Å². The molecule has 0 aromatic carbocycles. The Morgan fingerprint density at radius 3 is 2.65 bits per heavy atom. The van der Waals surface area contributed by atoms with Gasteiger partial charge in [0, 0.05) is 32.6 Å². The zero-order chi connectivity index (χ0) is 12.5. The predicted octanol–water partition coefficient (Wildman–Crippen LogP) is 0.702. The van der Waals surface area contributed by atoms with Gasteiger partial charge in [-0.3, -0.25) is 4.79 Å². The fraction of sp³-hybridized carbons (Fsp3) is 0.923. The monoisotopic (exact) mass is 240 g/mol. The maximum absolute atomic E-state index is 11.5. The molecule has 1 amide bonds. The maximum atomic E-state index is 11.5. The van der Waals surface area contributed by atoms with Crippen molar-refractivity contribution >= 4 is 5.91 Å². The topological polar surface area (TPSA) is 43.8 Å². The minimum atomic E-state index is -0.397. The molecule has 0 spiro atoms. The first-order chi connectivity index (χ1) is 7.96. The van der Waals surface area contributed by atoms with Gasteiger partial charge in [-0.15, -0.1) is 0 Å². The third-order valence-corrected chi connectivity index (χ3v) is 3.83. The second kappa shape index (κ2) is 4.94. The van der Waals surface area contributed by atoms with Crippen LogP contribution in [0.25, 0.3) is 0 Å². The van der Waals surface area contributed by atoms with E-state index >= 15 is 0 Å². The summed E-state index contributed by atoms with van der Waals surface area (Å²) in [7, 11) is 0. The molecule has 0 aromatic rings. The van der Waals surface area contributed by atoms with Gasteiger partial charge in [0.2, 0.25) is 5.91 Å². The highest BCUT2D eigenvalue weighted by Gasteiger charge is 2.31. The van der Waals surface area contributed by atoms with Crippen LogP contribution in [-0.2, 0) is 4.79 Å². The Morgan fingerprint density at radius 2 is 2.12 bits per heavy atom. The molecule has 2 heterocycles. The van der Waals surface area contributed by atoms with Crippen molar-refractivity contribution < 1.29 is 9.90 Å². The van der Waals surface area contributed by atoms with Gasteiger partial charge in [0.25, 0.3) is 0 Å². The zero-order valence-corrected chi connectivity index (χ0v) is 11.0. The van der Waals surface area contributed by atoms with Gasteiger partial charge in [-0.2, -0.15) is 0 Å². The number of β-amino-alcohol motifs (C(OH)–C–C–N with tert-alkyl or cyclic N) is 1. The second-order valence-electron chi connectivity index (χ2n) is 6.25. The zero-order valence-electron chi connectivity index (χ0n) is 11.0. The molecule has 0 aliphatic carbocycles. The van der Waals surface area contributed by atoms with Crippen LogP contribution in [0, 0.1) is 5.41 Å². The molecule has 2 rings (SSSR count). The van der Waals surface area contributed by atoms with Crippen molar-refractivity contribution in [3.05, 3.63) is 0 Å². The number of amides is 1. The molecule has 98 valence electrons. The molecule has 0 bridgehead atoms. The average molecular weight is 240 g/mol. The smallest absolute Gasteiger partial charge is 0.222 e. The lowest BCUT2D eigenvalue weighted by atomic mass is 9.93. The summed E-state index contributed by atoms with van der Waals surface area (Å²) in [4.78, 5) is 15.6. The molecule has 17 heavy (non-hydrogen) atoms. The van der Waals surface area contributed by atoms with E-state index in [1.807, 2.05) is 0 Å². The van der Waals surface area contributed by atoms with Crippen LogP contribution in [0.4, 0.5) is 0 Å². The standard InChI is InChI=1S/C13H24N2O2/c1-13(2)5-7-14(10-13)8-11(16)9-15-6-3-4-12(15)17/h11,16H,3-10H2,1-2H3. The Labute approximate surface area is 104 Å². The lowest BCUT2D eigenvalue weighted by molar-refractivity contribution is -0.129. The van der Waals surface area contributed by atoms with Gasteiger partial charge in [0.15, 0.2) is 0 Å². The summed E-state index contributed by atoms with van der Waals surface area (Å²) in [5, 5.41) is 10.0. The molecule has 0 aromatic heterocycles. The average Bonchev–Trinajstić information content (AvgIpc) is 2.74. The maximum Gasteiger partial charge on any atom is 0.222 e. The highest BCUT2D eigenvalue weighted by atomic mass is 16.3. The van der Waals surface area contributed by atoms with Crippen LogP contribution in [0.1, 0.15) is 33.1 Å². The number of likely N-dealkylation sites (tertiary alicyclic amines) is 2. The van der Waals surface area contributed by atoms with Crippen molar-refractivity contribution in [1.29, 1.82) is 0 Å². The van der Waals surface area contributed by atoms with Crippen molar-refractivity contribution in [1.82, 2.24) is 9.80 Å². The van der Waals surface area contributed by atoms with E-state index in [4.69, 9.17) is 0 Å². The number of aliphatic hydroxyl groups excluding tert-OH is 1. The molecule has 1 unspecified atom stereocenters. The second-order valence-corrected chi connectivity index (χ2v) is 6.25. The van der Waals surface area contributed by atoms with Gasteiger partial charge in [0.1, 0.15) is 0 Å². The Balaban J connectivity index is 1.74. The van der Waals surface area contributed by atoms with Crippen LogP contribution in [0.5, 0.6) is 0 Å². The molecule has 2 aliphatic rings. The highest BCUT2D eigenvalue weighted by molar-refractivity contribution is 5.78. The summed E-state index contributed by atoms with van der Waals surface area (Å²) >= 11 is 0. The van der Waals surface area contributed by atoms with Gasteiger partial charge >= 0.3 is 0 Å². The lowest BCUT2D eigenvalue weighted by Gasteiger charge is -2.25. The van der Waals surface area contributed by atoms with Crippen LogP contribution in [-0.4, -0.2) is 59.6 Å². The number of aliphatic hydroxyl groups is 1. The fourth-order valence-corrected chi connectivity index (χ4v) is 2.89. The molecular formula is C13H24N2O2. The number of carbonyl (C=O) groups is 1. The molecule has 4 heteroatoms. The van der Waals surface area contributed by atoms with E-state index in [0.717, 1.165) is 26.1 Å². The first-order valence-corrected chi connectivity index (χ1v) is 6.64. The summed E-state index contributed by atoms with van der Waals surface area (Å²) in [6.45, 7) is 8.69. The van der Waals surface area contributed by atoms with E-state index in [9.17, 15) is 9.90 Å². The van der Waals surface area contributed by atoms with Gasteiger partial charge < -0.3 is 14.9 Å². The Hall–Kier alpha value is -0.610. The summed E-state index contributed by atoms with van der Waals surface area (Å²) in [6, 6.07) is 0. The summed E-state index contributed by atoms with van der Waals surface area (Å²) in [5.41, 5.74) is 0.378. The van der Waals surface area contributed by atoms with E-state index in [1.54, 1.807) is 4.90 Å². The highest BCUT2D eigenvalue weighted by Crippen LogP contribution is 2.28. The first kappa shape index (κ1) is 12.8. The molecule has 2 aliphatic heterocycles. The number of nitrogens with zero attached hydrogens (tertiary/aromatic N) is 2. The van der Waals surface area contributed by atoms with Gasteiger partial charge in [-0.05, 0) is 24.8 Å². The molecule has 2 saturated heterocycles. The van der Waals surface area contributed by atoms with E-state index in [0.29, 0.717) is 24.9 Å². The minimum Gasteiger partial charge on any atom is -0.390 e. The summed E-state index contributed by atoms with van der Waals surface area (Å²) in [5.74, 6) is 0.200. The quantitative estimate of drug-likeness (QED) is 0.787. The van der Waals surface area contributed by atoms with Crippen LogP contribution in [0.2, 0.25) is 0 Å². The van der Waals surface area contributed by atoms with Crippen LogP contribution in [0.15, 0.2) is 0 Å². The molecule has 2 fully saturated rings. The first-order valence-electron chi connectivity index (χ1n) is 6.64. The van der Waals surface area contributed by atoms with Crippen LogP contribution < -0.4 is 0 Å². The third-order valence-electron chi connectivity index (χ3n) is 3.83. The largest absolute Gasteiger partial charge is 0.390 e. The van der Waals surface area contributed by atoms with Crippen molar-refractivity contribution in [2.45, 2.75) is 39.2 Å². The summed E-state index contributed by atoms with van der Waals surface area (Å²) < 4.78 is 0. The van der Waals surface area contributed by atoms with Crippen molar-refractivity contribution in [3.8, 4) is 0 Å². The summed E-state index contributed by atoms with van der Waals surface area (Å²) in [6.07, 6.45) is 2.40. The van der Waals surface area contributed by atoms with Gasteiger partial charge in [-0.25, -0.2) is 0 Å². The Morgan fingerprint density at radius 1 is 1.35 bits per heavy atom. The van der Waals surface area contributed by atoms with Gasteiger partial charge in [0.05, 0.1) is 6.10 Å². The van der Waals surface area contributed by atoms with E-state index < -0.39 is 6.10 Å². The minimum absolute atomic E-state index is 0.200. The Bertz CT molecular complexity index is 291. The SMILES string of the molecule is CC1(C)CCN(CC(O)CN2CCCC2=O)C1. The lowest BCUT2D eigenvalue weighted by Crippen LogP contribution is -2.40. The fourth-order valence-electron chi connectivity index (χ4n) is 2.89. The number of hydrogen-bond acceptors (Lipinski definition) is 3. The molecule has 1 N–H and O–H groups in total. The van der Waals surface area contributed by atoms with Crippen molar-refractivity contribution in [2.75, 3.05) is 32.7 Å².